The maximum absolute atomic E-state index is 11.3. The van der Waals surface area contributed by atoms with Gasteiger partial charge in [-0.25, -0.2) is 13.6 Å². The van der Waals surface area contributed by atoms with E-state index in [9.17, 15) is 13.5 Å². The van der Waals surface area contributed by atoms with Crippen LogP contribution in [0.1, 0.15) is 39.5 Å². The summed E-state index contributed by atoms with van der Waals surface area (Å²) in [5.74, 6) is 0.536. The average Bonchev–Trinajstić information content (AvgIpc) is 2.51. The van der Waals surface area contributed by atoms with Gasteiger partial charge in [-0.1, -0.05) is 13.8 Å². The van der Waals surface area contributed by atoms with Crippen molar-refractivity contribution < 1.29 is 13.5 Å². The number of sulfonamides is 1. The van der Waals surface area contributed by atoms with Crippen LogP contribution in [-0.2, 0) is 10.0 Å². The molecule has 5 heteroatoms. The van der Waals surface area contributed by atoms with Crippen molar-refractivity contribution in [3.63, 3.8) is 0 Å². The monoisotopic (exact) mass is 233 g/mol. The van der Waals surface area contributed by atoms with Crippen molar-refractivity contribution in [2.45, 2.75) is 45.0 Å². The summed E-state index contributed by atoms with van der Waals surface area (Å²) in [7, 11) is -3.85. The molecule has 0 saturated heterocycles. The second-order valence-corrected chi connectivity index (χ2v) is 7.22. The lowest BCUT2D eigenvalue weighted by Gasteiger charge is -2.40. The highest BCUT2D eigenvalue weighted by Crippen LogP contribution is 2.67. The number of aliphatic hydroxyl groups excluding tert-OH is 1. The van der Waals surface area contributed by atoms with Crippen LogP contribution < -0.4 is 5.14 Å². The smallest absolute Gasteiger partial charge is 0.236 e. The van der Waals surface area contributed by atoms with E-state index in [0.717, 1.165) is 25.7 Å². The summed E-state index contributed by atoms with van der Waals surface area (Å²) in [6.45, 7) is 4.12. The Bertz CT molecular complexity index is 366. The van der Waals surface area contributed by atoms with E-state index in [1.807, 2.05) is 0 Å². The molecule has 0 aromatic carbocycles. The van der Waals surface area contributed by atoms with E-state index in [1.165, 1.54) is 0 Å². The van der Waals surface area contributed by atoms with Gasteiger partial charge < -0.3 is 5.11 Å². The number of nitrogens with two attached hydrogens (primary N) is 1. The predicted molar refractivity (Wildman–Crippen MR) is 57.3 cm³/mol. The van der Waals surface area contributed by atoms with Gasteiger partial charge in [0.25, 0.3) is 0 Å². The van der Waals surface area contributed by atoms with E-state index in [1.54, 1.807) is 0 Å². The lowest BCUT2D eigenvalue weighted by atomic mass is 9.70. The molecule has 1 atom stereocenters. The fraction of sp³-hybridized carbons (Fsp3) is 1.00. The molecule has 3 N–H and O–H groups in total. The Kier molecular flexibility index (Phi) is 2.24. The summed E-state index contributed by atoms with van der Waals surface area (Å²) in [6, 6.07) is 0. The molecule has 15 heavy (non-hydrogen) atoms. The minimum absolute atomic E-state index is 0.112. The molecule has 4 nitrogen and oxygen atoms in total. The molecule has 0 aliphatic heterocycles. The molecule has 2 saturated carbocycles. The van der Waals surface area contributed by atoms with E-state index in [-0.39, 0.29) is 5.41 Å². The zero-order valence-corrected chi connectivity index (χ0v) is 10.0. The van der Waals surface area contributed by atoms with Gasteiger partial charge in [-0.15, -0.1) is 0 Å². The van der Waals surface area contributed by atoms with Crippen LogP contribution in [0.5, 0.6) is 0 Å². The van der Waals surface area contributed by atoms with Crippen LogP contribution in [0.2, 0.25) is 0 Å². The minimum Gasteiger partial charge on any atom is -0.375 e. The van der Waals surface area contributed by atoms with Crippen molar-refractivity contribution in [2.24, 2.45) is 21.9 Å². The number of fused-ring (bicyclic) bond motifs is 2. The summed E-state index contributed by atoms with van der Waals surface area (Å²) in [6.07, 6.45) is 3.59. The molecule has 0 radical (unpaired) electrons. The quantitative estimate of drug-likeness (QED) is 0.740. The Morgan fingerprint density at radius 3 is 2.07 bits per heavy atom. The third-order valence-corrected chi connectivity index (χ3v) is 6.04. The second kappa shape index (κ2) is 2.96. The fourth-order valence-corrected chi connectivity index (χ4v) is 4.95. The van der Waals surface area contributed by atoms with E-state index in [4.69, 9.17) is 5.14 Å². The molecule has 2 aliphatic carbocycles. The van der Waals surface area contributed by atoms with E-state index < -0.39 is 20.9 Å². The van der Waals surface area contributed by atoms with E-state index in [0.29, 0.717) is 5.92 Å². The summed E-state index contributed by atoms with van der Waals surface area (Å²) in [4.78, 5) is 0. The van der Waals surface area contributed by atoms with E-state index in [2.05, 4.69) is 13.8 Å². The number of primary sulfonamides is 1. The fourth-order valence-electron chi connectivity index (χ4n) is 3.79. The molecule has 2 rings (SSSR count). The van der Waals surface area contributed by atoms with Gasteiger partial charge in [0.2, 0.25) is 10.0 Å². The maximum Gasteiger partial charge on any atom is 0.236 e. The summed E-state index contributed by atoms with van der Waals surface area (Å²) < 4.78 is 22.6. The molecule has 0 aromatic heterocycles. The largest absolute Gasteiger partial charge is 0.375 e. The summed E-state index contributed by atoms with van der Waals surface area (Å²) in [5, 5.41) is 15.1. The lowest BCUT2D eigenvalue weighted by molar-refractivity contribution is 0.0176. The Morgan fingerprint density at radius 1 is 1.33 bits per heavy atom. The molecule has 88 valence electrons. The van der Waals surface area contributed by atoms with Crippen LogP contribution in [0.4, 0.5) is 0 Å². The molecular formula is C10H19NO3S. The van der Waals surface area contributed by atoms with Crippen molar-refractivity contribution in [1.82, 2.24) is 0 Å². The maximum atomic E-state index is 11.3. The van der Waals surface area contributed by atoms with Gasteiger partial charge >= 0.3 is 0 Å². The third-order valence-electron chi connectivity index (χ3n) is 4.97. The SMILES string of the molecule is CC1(C)C2CCC1(C(O)S(N)(=O)=O)CC2. The summed E-state index contributed by atoms with van der Waals surface area (Å²) in [5.41, 5.74) is -2.02. The first kappa shape index (κ1) is 11.4. The van der Waals surface area contributed by atoms with Gasteiger partial charge in [0.15, 0.2) is 5.44 Å². The van der Waals surface area contributed by atoms with Crippen molar-refractivity contribution in [1.29, 1.82) is 0 Å². The average molecular weight is 233 g/mol. The first-order valence-electron chi connectivity index (χ1n) is 5.41. The lowest BCUT2D eigenvalue weighted by Crippen LogP contribution is -2.48. The highest BCUT2D eigenvalue weighted by Gasteiger charge is 2.64. The zero-order chi connectivity index (χ0) is 11.5. The molecule has 0 aromatic rings. The number of rotatable bonds is 2. The minimum atomic E-state index is -3.85. The van der Waals surface area contributed by atoms with Gasteiger partial charge in [-0.2, -0.15) is 0 Å². The van der Waals surface area contributed by atoms with Gasteiger partial charge in [0, 0.05) is 5.41 Å². The first-order chi connectivity index (χ1) is 6.72. The Balaban J connectivity index is 2.43. The molecular weight excluding hydrogens is 214 g/mol. The zero-order valence-electron chi connectivity index (χ0n) is 9.23. The van der Waals surface area contributed by atoms with Gasteiger partial charge in [-0.3, -0.25) is 0 Å². The first-order valence-corrected chi connectivity index (χ1v) is 7.02. The molecule has 2 aliphatic rings. The second-order valence-electron chi connectivity index (χ2n) is 5.59. The molecule has 0 amide bonds. The van der Waals surface area contributed by atoms with Crippen LogP contribution in [0.15, 0.2) is 0 Å². The molecule has 0 heterocycles. The number of hydrogen-bond acceptors (Lipinski definition) is 3. The van der Waals surface area contributed by atoms with Crippen LogP contribution in [0.25, 0.3) is 0 Å². The Morgan fingerprint density at radius 2 is 1.80 bits per heavy atom. The Hall–Kier alpha value is -0.130. The van der Waals surface area contributed by atoms with Crippen molar-refractivity contribution in [2.75, 3.05) is 0 Å². The molecule has 0 spiro atoms. The molecule has 2 fully saturated rings. The highest BCUT2D eigenvalue weighted by molar-refractivity contribution is 7.89. The van der Waals surface area contributed by atoms with Gasteiger partial charge in [-0.05, 0) is 37.0 Å². The topological polar surface area (TPSA) is 80.4 Å². The summed E-state index contributed by atoms with van der Waals surface area (Å²) >= 11 is 0. The van der Waals surface area contributed by atoms with Crippen LogP contribution >= 0.6 is 0 Å². The van der Waals surface area contributed by atoms with Crippen LogP contribution in [0.3, 0.4) is 0 Å². The van der Waals surface area contributed by atoms with Crippen molar-refractivity contribution >= 4 is 10.0 Å². The number of aliphatic hydroxyl groups is 1. The van der Waals surface area contributed by atoms with Crippen LogP contribution in [0, 0.1) is 16.7 Å². The Labute approximate surface area is 90.9 Å². The standard InChI is InChI=1S/C10H19NO3S/c1-9(2)7-3-5-10(9,6-4-7)8(12)15(11,13)14/h7-8,12H,3-6H2,1-2H3,(H2,11,13,14). The number of hydrogen-bond donors (Lipinski definition) is 2. The third kappa shape index (κ3) is 1.29. The molecule has 1 unspecified atom stereocenters. The van der Waals surface area contributed by atoms with E-state index >= 15 is 0 Å². The van der Waals surface area contributed by atoms with Gasteiger partial charge in [0.1, 0.15) is 0 Å². The van der Waals surface area contributed by atoms with Crippen molar-refractivity contribution in [3.8, 4) is 0 Å². The normalized spacial score (nSPS) is 40.7. The van der Waals surface area contributed by atoms with Gasteiger partial charge in [0.05, 0.1) is 0 Å². The van der Waals surface area contributed by atoms with Crippen molar-refractivity contribution in [3.05, 3.63) is 0 Å². The van der Waals surface area contributed by atoms with Crippen LogP contribution in [-0.4, -0.2) is 19.0 Å². The highest BCUT2D eigenvalue weighted by atomic mass is 32.2. The predicted octanol–water partition coefficient (Wildman–Crippen LogP) is 0.810. The molecule has 2 bridgehead atoms.